The predicted octanol–water partition coefficient (Wildman–Crippen LogP) is 3.19. The molecule has 0 heterocycles. The molecule has 0 saturated carbocycles. The molecule has 0 saturated heterocycles. The van der Waals surface area contributed by atoms with Gasteiger partial charge in [0.2, 0.25) is 0 Å². The van der Waals surface area contributed by atoms with E-state index in [1.807, 2.05) is 48.6 Å². The number of hydrogen-bond acceptors (Lipinski definition) is 4. The number of Topliss-reactive ketones (excluding diaryl/α,β-unsaturated/α-hetero) is 1. The van der Waals surface area contributed by atoms with Crippen molar-refractivity contribution in [3.8, 4) is 0 Å². The van der Waals surface area contributed by atoms with Crippen LogP contribution in [-0.4, -0.2) is 34.4 Å². The van der Waals surface area contributed by atoms with Crippen LogP contribution >= 0.6 is 0 Å². The second kappa shape index (κ2) is 7.75. The molecular formula is C23H21NO5. The van der Waals surface area contributed by atoms with E-state index in [-0.39, 0.29) is 0 Å². The third-order valence-electron chi connectivity index (χ3n) is 4.90. The highest BCUT2D eigenvalue weighted by Gasteiger charge is 2.43. The molecule has 1 aliphatic rings. The number of benzene rings is 2. The van der Waals surface area contributed by atoms with Crippen molar-refractivity contribution in [1.82, 2.24) is 5.32 Å². The van der Waals surface area contributed by atoms with E-state index in [1.165, 1.54) is 0 Å². The quantitative estimate of drug-likeness (QED) is 0.536. The molecule has 0 atom stereocenters. The first kappa shape index (κ1) is 20.1. The van der Waals surface area contributed by atoms with Crippen molar-refractivity contribution in [2.24, 2.45) is 0 Å². The molecule has 1 aliphatic carbocycles. The van der Waals surface area contributed by atoms with Gasteiger partial charge in [-0.25, -0.2) is 0 Å². The van der Waals surface area contributed by atoms with E-state index >= 15 is 0 Å². The molecule has 3 N–H and O–H groups in total. The number of carboxylic acids is 1. The van der Waals surface area contributed by atoms with Gasteiger partial charge >= 0.3 is 5.97 Å². The number of carboxylic acid groups (broad SMARTS) is 1. The topological polar surface area (TPSA) is 104 Å². The smallest absolute Gasteiger partial charge is 0.322 e. The molecule has 0 fully saturated rings. The van der Waals surface area contributed by atoms with Gasteiger partial charge in [0, 0.05) is 5.56 Å². The Kier molecular flexibility index (Phi) is 5.37. The van der Waals surface area contributed by atoms with E-state index in [9.17, 15) is 19.5 Å². The van der Waals surface area contributed by atoms with E-state index < -0.39 is 41.0 Å². The molecule has 0 spiro atoms. The number of carbonyl (C=O) groups is 3. The van der Waals surface area contributed by atoms with Gasteiger partial charge in [-0.3, -0.25) is 14.4 Å². The fraction of sp³-hybridized carbons (Fsp3) is 0.174. The second-order valence-electron chi connectivity index (χ2n) is 7.30. The Hall–Kier alpha value is -3.67. The summed E-state index contributed by atoms with van der Waals surface area (Å²) in [6, 6.07) is 15.0. The second-order valence-corrected chi connectivity index (χ2v) is 7.30. The molecule has 0 aliphatic heterocycles. The first-order chi connectivity index (χ1) is 13.7. The Labute approximate surface area is 168 Å². The Balaban J connectivity index is 2.01. The molecule has 0 unspecified atom stereocenters. The van der Waals surface area contributed by atoms with E-state index in [0.717, 1.165) is 11.1 Å². The zero-order chi connectivity index (χ0) is 21.2. The van der Waals surface area contributed by atoms with Crippen LogP contribution in [-0.2, 0) is 19.8 Å². The molecular weight excluding hydrogens is 370 g/mol. The standard InChI is InChI=1S/C23H21NO5/c1-23(2)17-12-15(9-8-14-6-4-3-5-7-14)10-11-16(17)20(27)19(21(23)28)22(29)24-13-18(25)26/h3-12,27H,13H2,1-2H3,(H,24,29)(H,25,26). The van der Waals surface area contributed by atoms with Gasteiger partial charge < -0.3 is 15.5 Å². The summed E-state index contributed by atoms with van der Waals surface area (Å²) in [7, 11) is 0. The number of aliphatic hydroxyl groups excluding tert-OH is 1. The van der Waals surface area contributed by atoms with Crippen LogP contribution < -0.4 is 5.32 Å². The van der Waals surface area contributed by atoms with Crippen LogP contribution in [0.2, 0.25) is 0 Å². The van der Waals surface area contributed by atoms with E-state index in [0.29, 0.717) is 11.1 Å². The number of hydrogen-bond donors (Lipinski definition) is 3. The van der Waals surface area contributed by atoms with Crippen molar-refractivity contribution in [2.45, 2.75) is 19.3 Å². The Morgan fingerprint density at radius 1 is 1.03 bits per heavy atom. The highest BCUT2D eigenvalue weighted by Crippen LogP contribution is 2.40. The highest BCUT2D eigenvalue weighted by molar-refractivity contribution is 6.28. The van der Waals surface area contributed by atoms with Crippen molar-refractivity contribution < 1.29 is 24.6 Å². The summed E-state index contributed by atoms with van der Waals surface area (Å²) < 4.78 is 0. The van der Waals surface area contributed by atoms with Gasteiger partial charge in [-0.05, 0) is 30.5 Å². The molecule has 0 radical (unpaired) electrons. The van der Waals surface area contributed by atoms with E-state index in [1.54, 1.807) is 26.0 Å². The molecule has 29 heavy (non-hydrogen) atoms. The summed E-state index contributed by atoms with van der Waals surface area (Å²) in [5.74, 6) is -3.14. The van der Waals surface area contributed by atoms with Crippen LogP contribution in [0.25, 0.3) is 17.9 Å². The van der Waals surface area contributed by atoms with Crippen LogP contribution in [0, 0.1) is 0 Å². The lowest BCUT2D eigenvalue weighted by Crippen LogP contribution is -2.42. The summed E-state index contributed by atoms with van der Waals surface area (Å²) in [5, 5.41) is 21.5. The number of fused-ring (bicyclic) bond motifs is 1. The predicted molar refractivity (Wildman–Crippen MR) is 110 cm³/mol. The number of nitrogens with one attached hydrogen (secondary N) is 1. The summed E-state index contributed by atoms with van der Waals surface area (Å²) >= 11 is 0. The van der Waals surface area contributed by atoms with Gasteiger partial charge in [0.25, 0.3) is 5.91 Å². The maximum atomic E-state index is 13.0. The van der Waals surface area contributed by atoms with Crippen LogP contribution in [0.5, 0.6) is 0 Å². The Bertz CT molecular complexity index is 1050. The van der Waals surface area contributed by atoms with Crippen LogP contribution in [0.1, 0.15) is 36.1 Å². The fourth-order valence-corrected chi connectivity index (χ4v) is 3.28. The van der Waals surface area contributed by atoms with Gasteiger partial charge in [-0.1, -0.05) is 60.7 Å². The number of ketones is 1. The number of aliphatic hydroxyl groups is 1. The van der Waals surface area contributed by atoms with Gasteiger partial charge in [0.1, 0.15) is 17.9 Å². The SMILES string of the molecule is CC1(C)C(=O)C(C(=O)NCC(=O)O)=C(O)c2ccc(C=Cc3ccccc3)cc21. The van der Waals surface area contributed by atoms with E-state index in [2.05, 4.69) is 5.32 Å². The number of amides is 1. The maximum Gasteiger partial charge on any atom is 0.322 e. The lowest BCUT2D eigenvalue weighted by molar-refractivity contribution is -0.138. The maximum absolute atomic E-state index is 13.0. The average Bonchev–Trinajstić information content (AvgIpc) is 2.70. The third-order valence-corrected chi connectivity index (χ3v) is 4.90. The average molecular weight is 391 g/mol. The number of carbonyl (C=O) groups excluding carboxylic acids is 2. The minimum Gasteiger partial charge on any atom is -0.506 e. The zero-order valence-corrected chi connectivity index (χ0v) is 16.1. The fourth-order valence-electron chi connectivity index (χ4n) is 3.28. The third kappa shape index (κ3) is 3.96. The summed E-state index contributed by atoms with van der Waals surface area (Å²) in [6.45, 7) is 2.71. The van der Waals surface area contributed by atoms with Crippen molar-refractivity contribution in [2.75, 3.05) is 6.54 Å². The van der Waals surface area contributed by atoms with Crippen LogP contribution in [0.15, 0.2) is 54.1 Å². The van der Waals surface area contributed by atoms with E-state index in [4.69, 9.17) is 5.11 Å². The lowest BCUT2D eigenvalue weighted by Gasteiger charge is -2.32. The largest absolute Gasteiger partial charge is 0.506 e. The number of aliphatic carboxylic acids is 1. The zero-order valence-electron chi connectivity index (χ0n) is 16.1. The first-order valence-corrected chi connectivity index (χ1v) is 9.08. The number of rotatable bonds is 5. The molecule has 6 heteroatoms. The van der Waals surface area contributed by atoms with Crippen molar-refractivity contribution in [3.05, 3.63) is 76.4 Å². The highest BCUT2D eigenvalue weighted by atomic mass is 16.4. The monoisotopic (exact) mass is 391 g/mol. The molecule has 0 aromatic heterocycles. The Morgan fingerprint density at radius 2 is 1.69 bits per heavy atom. The summed E-state index contributed by atoms with van der Waals surface area (Å²) in [5.41, 5.74) is 1.38. The Morgan fingerprint density at radius 3 is 2.34 bits per heavy atom. The molecule has 148 valence electrons. The molecule has 2 aromatic rings. The molecule has 0 bridgehead atoms. The summed E-state index contributed by atoms with van der Waals surface area (Å²) in [4.78, 5) is 36.0. The van der Waals surface area contributed by atoms with Crippen molar-refractivity contribution in [1.29, 1.82) is 0 Å². The molecule has 1 amide bonds. The minimum atomic E-state index is -1.24. The van der Waals surface area contributed by atoms with Crippen molar-refractivity contribution in [3.63, 3.8) is 0 Å². The lowest BCUT2D eigenvalue weighted by atomic mass is 9.70. The normalized spacial score (nSPS) is 15.3. The summed E-state index contributed by atoms with van der Waals surface area (Å²) in [6.07, 6.45) is 3.85. The molecule has 3 rings (SSSR count). The van der Waals surface area contributed by atoms with Crippen molar-refractivity contribution >= 4 is 35.6 Å². The van der Waals surface area contributed by atoms with Gasteiger partial charge in [0.05, 0.1) is 5.41 Å². The first-order valence-electron chi connectivity index (χ1n) is 9.08. The van der Waals surface area contributed by atoms with Gasteiger partial charge in [-0.2, -0.15) is 0 Å². The minimum absolute atomic E-state index is 0.381. The van der Waals surface area contributed by atoms with Gasteiger partial charge in [-0.15, -0.1) is 0 Å². The molecule has 2 aromatic carbocycles. The van der Waals surface area contributed by atoms with Gasteiger partial charge in [0.15, 0.2) is 5.78 Å². The van der Waals surface area contributed by atoms with Crippen LogP contribution in [0.3, 0.4) is 0 Å². The van der Waals surface area contributed by atoms with Crippen LogP contribution in [0.4, 0.5) is 0 Å². The molecule has 6 nitrogen and oxygen atoms in total.